The van der Waals surface area contributed by atoms with Crippen LogP contribution in [0.15, 0.2) is 24.3 Å². The molecule has 0 N–H and O–H groups in total. The summed E-state index contributed by atoms with van der Waals surface area (Å²) in [6.45, 7) is 1.90. The molecule has 0 spiro atoms. The number of methoxy groups -OCH3 is 1. The molecule has 0 aliphatic heterocycles. The summed E-state index contributed by atoms with van der Waals surface area (Å²) in [6.07, 6.45) is 0. The van der Waals surface area contributed by atoms with Gasteiger partial charge in [-0.1, -0.05) is 6.92 Å². The molecule has 0 fully saturated rings. The molecular weight excluding hydrogens is 163 g/mol. The quantitative estimate of drug-likeness (QED) is 0.512. The SMILES string of the molecule is BC(C)C(=O)c1ccc(OC)cc1. The van der Waals surface area contributed by atoms with Gasteiger partial charge in [0.05, 0.1) is 7.11 Å². The van der Waals surface area contributed by atoms with Gasteiger partial charge < -0.3 is 4.74 Å². The Labute approximate surface area is 79.3 Å². The largest absolute Gasteiger partial charge is 0.497 e. The van der Waals surface area contributed by atoms with Crippen molar-refractivity contribution in [1.29, 1.82) is 0 Å². The van der Waals surface area contributed by atoms with Crippen LogP contribution in [0.5, 0.6) is 5.75 Å². The van der Waals surface area contributed by atoms with E-state index in [1.165, 1.54) is 0 Å². The zero-order chi connectivity index (χ0) is 9.84. The standard InChI is InChI=1S/C10H13BO2/c1-7(11)10(12)8-3-5-9(13-2)6-4-8/h3-7H,11H2,1-2H3. The highest BCUT2D eigenvalue weighted by molar-refractivity contribution is 6.27. The molecular formula is C10H13BO2. The Hall–Kier alpha value is -1.25. The summed E-state index contributed by atoms with van der Waals surface area (Å²) >= 11 is 0. The van der Waals surface area contributed by atoms with Crippen LogP contribution in [0.3, 0.4) is 0 Å². The van der Waals surface area contributed by atoms with Crippen molar-refractivity contribution in [2.75, 3.05) is 7.11 Å². The summed E-state index contributed by atoms with van der Waals surface area (Å²) < 4.78 is 5.00. The molecule has 0 aromatic heterocycles. The molecule has 0 amide bonds. The Morgan fingerprint density at radius 3 is 2.31 bits per heavy atom. The molecule has 0 saturated carbocycles. The fourth-order valence-corrected chi connectivity index (χ4v) is 1.09. The maximum atomic E-state index is 11.5. The molecule has 2 nitrogen and oxygen atoms in total. The summed E-state index contributed by atoms with van der Waals surface area (Å²) in [5.41, 5.74) is 0.746. The summed E-state index contributed by atoms with van der Waals surface area (Å²) in [4.78, 5) is 11.5. The predicted octanol–water partition coefficient (Wildman–Crippen LogP) is 1.32. The first-order chi connectivity index (χ1) is 6.15. The third-order valence-electron chi connectivity index (χ3n) is 1.90. The first kappa shape index (κ1) is 9.84. The van der Waals surface area contributed by atoms with Gasteiger partial charge >= 0.3 is 0 Å². The second-order valence-corrected chi connectivity index (χ2v) is 3.25. The van der Waals surface area contributed by atoms with Gasteiger partial charge in [0.1, 0.15) is 13.6 Å². The number of benzene rings is 1. The maximum absolute atomic E-state index is 11.5. The number of ether oxygens (including phenoxy) is 1. The van der Waals surface area contributed by atoms with Crippen molar-refractivity contribution in [3.05, 3.63) is 29.8 Å². The third-order valence-corrected chi connectivity index (χ3v) is 1.90. The van der Waals surface area contributed by atoms with Gasteiger partial charge in [0, 0.05) is 5.56 Å². The lowest BCUT2D eigenvalue weighted by molar-refractivity contribution is 0.0989. The summed E-state index contributed by atoms with van der Waals surface area (Å²) in [6, 6.07) is 7.19. The van der Waals surface area contributed by atoms with Gasteiger partial charge in [-0.3, -0.25) is 4.79 Å². The number of hydrogen-bond acceptors (Lipinski definition) is 2. The van der Waals surface area contributed by atoms with E-state index in [1.807, 2.05) is 14.8 Å². The molecule has 0 aliphatic carbocycles. The van der Waals surface area contributed by atoms with E-state index in [4.69, 9.17) is 4.74 Å². The molecule has 1 aromatic carbocycles. The van der Waals surface area contributed by atoms with Crippen molar-refractivity contribution in [3.8, 4) is 5.75 Å². The number of ketones is 1. The lowest BCUT2D eigenvalue weighted by Gasteiger charge is -2.04. The van der Waals surface area contributed by atoms with Crippen LogP contribution < -0.4 is 4.74 Å². The van der Waals surface area contributed by atoms with E-state index >= 15 is 0 Å². The Kier molecular flexibility index (Phi) is 3.12. The van der Waals surface area contributed by atoms with Crippen LogP contribution in [0.4, 0.5) is 0 Å². The highest BCUT2D eigenvalue weighted by atomic mass is 16.5. The average Bonchev–Trinajstić information content (AvgIpc) is 2.17. The van der Waals surface area contributed by atoms with E-state index in [2.05, 4.69) is 0 Å². The molecule has 1 atom stereocenters. The summed E-state index contributed by atoms with van der Waals surface area (Å²) in [7, 11) is 3.51. The van der Waals surface area contributed by atoms with Crippen LogP contribution in [0.25, 0.3) is 0 Å². The first-order valence-corrected chi connectivity index (χ1v) is 4.33. The van der Waals surface area contributed by atoms with Crippen molar-refractivity contribution in [1.82, 2.24) is 0 Å². The summed E-state index contributed by atoms with van der Waals surface area (Å²) in [5.74, 6) is 0.997. The van der Waals surface area contributed by atoms with Crippen molar-refractivity contribution in [3.63, 3.8) is 0 Å². The second kappa shape index (κ2) is 4.12. The van der Waals surface area contributed by atoms with Crippen molar-refractivity contribution in [2.24, 2.45) is 0 Å². The highest BCUT2D eigenvalue weighted by Gasteiger charge is 2.09. The smallest absolute Gasteiger partial charge is 0.157 e. The van der Waals surface area contributed by atoms with E-state index in [-0.39, 0.29) is 11.6 Å². The molecule has 1 rings (SSSR count). The Morgan fingerprint density at radius 2 is 1.92 bits per heavy atom. The molecule has 0 heterocycles. The molecule has 1 aromatic rings. The summed E-state index contributed by atoms with van der Waals surface area (Å²) in [5, 5.41) is 0. The molecule has 68 valence electrons. The molecule has 0 radical (unpaired) electrons. The van der Waals surface area contributed by atoms with Crippen molar-refractivity contribution < 1.29 is 9.53 Å². The van der Waals surface area contributed by atoms with Gasteiger partial charge in [0.15, 0.2) is 5.78 Å². The van der Waals surface area contributed by atoms with E-state index < -0.39 is 0 Å². The average molecular weight is 176 g/mol. The number of Topliss-reactive ketones (excluding diaryl/α,β-unsaturated/α-hetero) is 1. The Bertz CT molecular complexity index is 290. The minimum atomic E-state index is 0.0494. The normalized spacial score (nSPS) is 12.2. The fraction of sp³-hybridized carbons (Fsp3) is 0.300. The molecule has 0 aliphatic rings. The second-order valence-electron chi connectivity index (χ2n) is 3.25. The van der Waals surface area contributed by atoms with Crippen LogP contribution in [0.2, 0.25) is 5.82 Å². The van der Waals surface area contributed by atoms with Gasteiger partial charge in [0.2, 0.25) is 0 Å². The molecule has 0 bridgehead atoms. The van der Waals surface area contributed by atoms with E-state index in [9.17, 15) is 4.79 Å². The van der Waals surface area contributed by atoms with Gasteiger partial charge in [-0.2, -0.15) is 0 Å². The van der Waals surface area contributed by atoms with Crippen LogP contribution >= 0.6 is 0 Å². The molecule has 0 saturated heterocycles. The Morgan fingerprint density at radius 1 is 1.38 bits per heavy atom. The van der Waals surface area contributed by atoms with Crippen molar-refractivity contribution >= 4 is 13.6 Å². The van der Waals surface area contributed by atoms with Crippen LogP contribution in [0, 0.1) is 0 Å². The lowest BCUT2D eigenvalue weighted by atomic mass is 9.83. The van der Waals surface area contributed by atoms with Gasteiger partial charge in [0.25, 0.3) is 0 Å². The zero-order valence-corrected chi connectivity index (χ0v) is 8.20. The monoisotopic (exact) mass is 176 g/mol. The third kappa shape index (κ3) is 2.34. The minimum absolute atomic E-state index is 0.0494. The van der Waals surface area contributed by atoms with E-state index in [1.54, 1.807) is 31.4 Å². The predicted molar refractivity (Wildman–Crippen MR) is 55.3 cm³/mol. The van der Waals surface area contributed by atoms with Crippen molar-refractivity contribution in [2.45, 2.75) is 12.7 Å². The van der Waals surface area contributed by atoms with Gasteiger partial charge in [-0.05, 0) is 30.1 Å². The number of carbonyl (C=O) groups is 1. The Balaban J connectivity index is 2.86. The zero-order valence-electron chi connectivity index (χ0n) is 8.20. The highest BCUT2D eigenvalue weighted by Crippen LogP contribution is 2.15. The topological polar surface area (TPSA) is 26.3 Å². The van der Waals surface area contributed by atoms with Crippen LogP contribution in [-0.4, -0.2) is 20.7 Å². The molecule has 3 heteroatoms. The van der Waals surface area contributed by atoms with E-state index in [0.717, 1.165) is 11.3 Å². The number of hydrogen-bond donors (Lipinski definition) is 0. The first-order valence-electron chi connectivity index (χ1n) is 4.33. The fourth-order valence-electron chi connectivity index (χ4n) is 1.09. The minimum Gasteiger partial charge on any atom is -0.497 e. The molecule has 1 unspecified atom stereocenters. The maximum Gasteiger partial charge on any atom is 0.157 e. The van der Waals surface area contributed by atoms with Gasteiger partial charge in [-0.15, -0.1) is 0 Å². The lowest BCUT2D eigenvalue weighted by Crippen LogP contribution is -2.05. The molecule has 13 heavy (non-hydrogen) atoms. The van der Waals surface area contributed by atoms with E-state index in [0.29, 0.717) is 0 Å². The van der Waals surface area contributed by atoms with Gasteiger partial charge in [-0.25, -0.2) is 0 Å². The number of rotatable bonds is 3. The number of carbonyl (C=O) groups excluding carboxylic acids is 1. The van der Waals surface area contributed by atoms with Crippen LogP contribution in [-0.2, 0) is 0 Å². The van der Waals surface area contributed by atoms with Crippen LogP contribution in [0.1, 0.15) is 17.3 Å².